The van der Waals surface area contributed by atoms with Crippen LogP contribution in [0.1, 0.15) is 29.5 Å². The molecule has 1 saturated carbocycles. The first-order chi connectivity index (χ1) is 6.76. The number of alkyl halides is 1. The quantitative estimate of drug-likeness (QED) is 0.618. The average molecular weight is 207 g/mol. The Bertz CT molecular complexity index is 383. The summed E-state index contributed by atoms with van der Waals surface area (Å²) in [4.78, 5) is 0. The fourth-order valence-corrected chi connectivity index (χ4v) is 3.49. The van der Waals surface area contributed by atoms with Gasteiger partial charge in [-0.25, -0.2) is 0 Å². The Morgan fingerprint density at radius 2 is 2.36 bits per heavy atom. The van der Waals surface area contributed by atoms with Gasteiger partial charge < -0.3 is 0 Å². The molecule has 1 heteroatoms. The molecule has 3 rings (SSSR count). The lowest BCUT2D eigenvalue weighted by Gasteiger charge is -2.10. The molecule has 74 valence electrons. The molecule has 2 unspecified atom stereocenters. The van der Waals surface area contributed by atoms with E-state index >= 15 is 0 Å². The van der Waals surface area contributed by atoms with Gasteiger partial charge in [0.25, 0.3) is 0 Å². The summed E-state index contributed by atoms with van der Waals surface area (Å²) in [6, 6.07) is 6.92. The number of rotatable bonds is 1. The monoisotopic (exact) mass is 206 g/mol. The zero-order valence-electron chi connectivity index (χ0n) is 8.52. The summed E-state index contributed by atoms with van der Waals surface area (Å²) >= 11 is 5.97. The standard InChI is InChI=1S/C13H15Cl/c1-9-2-3-10-4-5-13(12(10)6-9)7-11(13)8-14/h2-3,6,11H,4-5,7-8H2,1H3. The summed E-state index contributed by atoms with van der Waals surface area (Å²) in [5, 5.41) is 0. The highest BCUT2D eigenvalue weighted by Crippen LogP contribution is 2.61. The second-order valence-corrected chi connectivity index (χ2v) is 5.18. The molecule has 0 bridgehead atoms. The van der Waals surface area contributed by atoms with Gasteiger partial charge in [0.2, 0.25) is 0 Å². The molecule has 0 aromatic heterocycles. The van der Waals surface area contributed by atoms with Crippen molar-refractivity contribution in [1.29, 1.82) is 0 Å². The molecule has 1 spiro atoms. The lowest BCUT2D eigenvalue weighted by atomic mass is 9.94. The smallest absolute Gasteiger partial charge is 0.0260 e. The van der Waals surface area contributed by atoms with Gasteiger partial charge in [-0.3, -0.25) is 0 Å². The Morgan fingerprint density at radius 1 is 1.50 bits per heavy atom. The molecule has 0 nitrogen and oxygen atoms in total. The minimum atomic E-state index is 0.503. The van der Waals surface area contributed by atoms with Gasteiger partial charge in [-0.15, -0.1) is 11.6 Å². The van der Waals surface area contributed by atoms with Crippen LogP contribution in [-0.4, -0.2) is 5.88 Å². The van der Waals surface area contributed by atoms with Crippen molar-refractivity contribution in [1.82, 2.24) is 0 Å². The lowest BCUT2D eigenvalue weighted by molar-refractivity contribution is 0.625. The van der Waals surface area contributed by atoms with Crippen LogP contribution in [0.4, 0.5) is 0 Å². The highest BCUT2D eigenvalue weighted by atomic mass is 35.5. The normalized spacial score (nSPS) is 33.4. The van der Waals surface area contributed by atoms with Gasteiger partial charge in [0.15, 0.2) is 0 Å². The molecular weight excluding hydrogens is 192 g/mol. The first-order valence-electron chi connectivity index (χ1n) is 5.42. The van der Waals surface area contributed by atoms with E-state index in [0.717, 1.165) is 11.8 Å². The van der Waals surface area contributed by atoms with E-state index < -0.39 is 0 Å². The molecule has 2 aliphatic carbocycles. The van der Waals surface area contributed by atoms with Crippen LogP contribution in [0.5, 0.6) is 0 Å². The van der Waals surface area contributed by atoms with Gasteiger partial charge in [0, 0.05) is 11.3 Å². The SMILES string of the molecule is Cc1ccc2c(c1)C1(CC2)CC1CCl. The highest BCUT2D eigenvalue weighted by molar-refractivity contribution is 6.18. The number of hydrogen-bond donors (Lipinski definition) is 0. The molecule has 0 amide bonds. The van der Waals surface area contributed by atoms with Crippen LogP contribution in [-0.2, 0) is 11.8 Å². The van der Waals surface area contributed by atoms with E-state index in [1.807, 2.05) is 0 Å². The Balaban J connectivity index is 2.06. The zero-order valence-corrected chi connectivity index (χ0v) is 9.27. The van der Waals surface area contributed by atoms with Crippen molar-refractivity contribution in [3.8, 4) is 0 Å². The second kappa shape index (κ2) is 2.76. The predicted molar refractivity (Wildman–Crippen MR) is 60.0 cm³/mol. The third kappa shape index (κ3) is 1.01. The average Bonchev–Trinajstić information content (AvgIpc) is 2.80. The molecule has 0 N–H and O–H groups in total. The summed E-state index contributed by atoms with van der Waals surface area (Å²) in [7, 11) is 0. The molecule has 2 atom stereocenters. The summed E-state index contributed by atoms with van der Waals surface area (Å²) in [6.07, 6.45) is 3.93. The minimum Gasteiger partial charge on any atom is -0.126 e. The van der Waals surface area contributed by atoms with Crippen LogP contribution >= 0.6 is 11.6 Å². The minimum absolute atomic E-state index is 0.503. The summed E-state index contributed by atoms with van der Waals surface area (Å²) in [6.45, 7) is 2.18. The van der Waals surface area contributed by atoms with Crippen LogP contribution in [0, 0.1) is 12.8 Å². The number of benzene rings is 1. The van der Waals surface area contributed by atoms with E-state index in [4.69, 9.17) is 11.6 Å². The fraction of sp³-hybridized carbons (Fsp3) is 0.538. The molecule has 0 heterocycles. The van der Waals surface area contributed by atoms with E-state index in [1.54, 1.807) is 11.1 Å². The van der Waals surface area contributed by atoms with Gasteiger partial charge in [-0.1, -0.05) is 23.8 Å². The van der Waals surface area contributed by atoms with Crippen LogP contribution in [0.2, 0.25) is 0 Å². The van der Waals surface area contributed by atoms with Crippen molar-refractivity contribution < 1.29 is 0 Å². The maximum atomic E-state index is 5.97. The Hall–Kier alpha value is -0.490. The molecule has 1 aromatic rings. The van der Waals surface area contributed by atoms with Crippen molar-refractivity contribution in [3.05, 3.63) is 34.9 Å². The molecule has 2 aliphatic rings. The van der Waals surface area contributed by atoms with Crippen molar-refractivity contribution in [2.24, 2.45) is 5.92 Å². The van der Waals surface area contributed by atoms with Crippen LogP contribution < -0.4 is 0 Å². The molecule has 0 saturated heterocycles. The third-order valence-electron chi connectivity index (χ3n) is 4.06. The first kappa shape index (κ1) is 8.79. The number of fused-ring (bicyclic) bond motifs is 2. The molecule has 0 aliphatic heterocycles. The highest BCUT2D eigenvalue weighted by Gasteiger charge is 2.57. The third-order valence-corrected chi connectivity index (χ3v) is 4.43. The molecule has 1 aromatic carbocycles. The molecule has 1 fully saturated rings. The zero-order chi connectivity index (χ0) is 9.76. The topological polar surface area (TPSA) is 0 Å². The van der Waals surface area contributed by atoms with Crippen molar-refractivity contribution >= 4 is 11.6 Å². The van der Waals surface area contributed by atoms with Crippen LogP contribution in [0.15, 0.2) is 18.2 Å². The van der Waals surface area contributed by atoms with E-state index in [9.17, 15) is 0 Å². The summed E-state index contributed by atoms with van der Waals surface area (Å²) in [5.41, 5.74) is 5.08. The van der Waals surface area contributed by atoms with Crippen LogP contribution in [0.3, 0.4) is 0 Å². The van der Waals surface area contributed by atoms with Gasteiger partial charge >= 0.3 is 0 Å². The van der Waals surface area contributed by atoms with E-state index in [-0.39, 0.29) is 0 Å². The van der Waals surface area contributed by atoms with E-state index in [1.165, 1.54) is 24.8 Å². The van der Waals surface area contributed by atoms with Crippen molar-refractivity contribution in [2.45, 2.75) is 31.6 Å². The Kier molecular flexibility index (Phi) is 1.73. The van der Waals surface area contributed by atoms with Gasteiger partial charge in [-0.2, -0.15) is 0 Å². The Labute approximate surface area is 90.3 Å². The van der Waals surface area contributed by atoms with Crippen molar-refractivity contribution in [2.75, 3.05) is 5.88 Å². The second-order valence-electron chi connectivity index (χ2n) is 4.87. The first-order valence-corrected chi connectivity index (χ1v) is 5.96. The maximum Gasteiger partial charge on any atom is 0.0260 e. The van der Waals surface area contributed by atoms with E-state index in [0.29, 0.717) is 5.41 Å². The number of aryl methyl sites for hydroxylation is 2. The fourth-order valence-electron chi connectivity index (χ4n) is 3.08. The lowest BCUT2D eigenvalue weighted by Crippen LogP contribution is -2.05. The maximum absolute atomic E-state index is 5.97. The summed E-state index contributed by atoms with van der Waals surface area (Å²) < 4.78 is 0. The van der Waals surface area contributed by atoms with Gasteiger partial charge in [-0.05, 0) is 43.2 Å². The molecule has 0 radical (unpaired) electrons. The van der Waals surface area contributed by atoms with Crippen molar-refractivity contribution in [3.63, 3.8) is 0 Å². The number of hydrogen-bond acceptors (Lipinski definition) is 0. The predicted octanol–water partition coefficient (Wildman–Crippen LogP) is 3.44. The molecular formula is C13H15Cl. The largest absolute Gasteiger partial charge is 0.126 e. The van der Waals surface area contributed by atoms with E-state index in [2.05, 4.69) is 25.1 Å². The Morgan fingerprint density at radius 3 is 3.07 bits per heavy atom. The van der Waals surface area contributed by atoms with Gasteiger partial charge in [0.05, 0.1) is 0 Å². The van der Waals surface area contributed by atoms with Gasteiger partial charge in [0.1, 0.15) is 0 Å². The number of halogens is 1. The van der Waals surface area contributed by atoms with Crippen LogP contribution in [0.25, 0.3) is 0 Å². The molecule has 14 heavy (non-hydrogen) atoms. The summed E-state index contributed by atoms with van der Waals surface area (Å²) in [5.74, 6) is 1.60.